The molecule has 7 heteroatoms. The van der Waals surface area contributed by atoms with Crippen molar-refractivity contribution in [2.45, 2.75) is 64.8 Å². The second-order valence-corrected chi connectivity index (χ2v) is 7.03. The van der Waals surface area contributed by atoms with Crippen LogP contribution < -0.4 is 0 Å². The molecule has 0 N–H and O–H groups in total. The second kappa shape index (κ2) is 9.85. The van der Waals surface area contributed by atoms with Gasteiger partial charge in [-0.1, -0.05) is 25.7 Å². The van der Waals surface area contributed by atoms with Crippen molar-refractivity contribution in [2.75, 3.05) is 19.8 Å². The third kappa shape index (κ3) is 4.33. The minimum absolute atomic E-state index is 0.147. The maximum absolute atomic E-state index is 12.9. The van der Waals surface area contributed by atoms with Gasteiger partial charge in [-0.05, 0) is 39.5 Å². The minimum Gasteiger partial charge on any atom is -0.465 e. The first kappa shape index (κ1) is 21.4. The van der Waals surface area contributed by atoms with Gasteiger partial charge in [-0.3, -0.25) is 9.79 Å². The summed E-state index contributed by atoms with van der Waals surface area (Å²) < 4.78 is 15.7. The zero-order chi connectivity index (χ0) is 19.9. The fourth-order valence-corrected chi connectivity index (χ4v) is 4.31. The van der Waals surface area contributed by atoms with E-state index >= 15 is 0 Å². The van der Waals surface area contributed by atoms with Crippen LogP contribution in [0.5, 0.6) is 0 Å². The van der Waals surface area contributed by atoms with E-state index in [2.05, 4.69) is 4.99 Å². The molecule has 0 bridgehead atoms. The molecule has 152 valence electrons. The van der Waals surface area contributed by atoms with Crippen LogP contribution in [0, 0.1) is 17.8 Å². The molecule has 0 aromatic rings. The molecule has 1 aliphatic carbocycles. The van der Waals surface area contributed by atoms with Crippen molar-refractivity contribution >= 4 is 24.1 Å². The molecule has 1 heterocycles. The van der Waals surface area contributed by atoms with E-state index in [9.17, 15) is 14.4 Å². The number of hydrogen-bond acceptors (Lipinski definition) is 7. The van der Waals surface area contributed by atoms with Crippen LogP contribution in [0.2, 0.25) is 0 Å². The highest BCUT2D eigenvalue weighted by Gasteiger charge is 2.60. The third-order valence-electron chi connectivity index (χ3n) is 5.49. The van der Waals surface area contributed by atoms with E-state index in [1.165, 1.54) is 6.21 Å². The smallest absolute Gasteiger partial charge is 0.346 e. The quantitative estimate of drug-likeness (QED) is 0.399. The monoisotopic (exact) mass is 381 g/mol. The van der Waals surface area contributed by atoms with Gasteiger partial charge in [0.2, 0.25) is 0 Å². The lowest BCUT2D eigenvalue weighted by atomic mass is 9.64. The topological polar surface area (TPSA) is 91.3 Å². The second-order valence-electron chi connectivity index (χ2n) is 7.03. The fourth-order valence-electron chi connectivity index (χ4n) is 4.31. The Bertz CT molecular complexity index is 555. The molecule has 0 radical (unpaired) electrons. The molecule has 3 atom stereocenters. The molecule has 1 saturated carbocycles. The van der Waals surface area contributed by atoms with Gasteiger partial charge in [0.1, 0.15) is 0 Å². The van der Waals surface area contributed by atoms with E-state index in [4.69, 9.17) is 14.2 Å². The summed E-state index contributed by atoms with van der Waals surface area (Å²) in [7, 11) is 0. The SMILES string of the molecule is CCOC(=O)C1C=NC(C(=O)OCC)(C(=O)OCC)[C@@H]2CCCCCC[C@@H]12. The van der Waals surface area contributed by atoms with Gasteiger partial charge in [0.15, 0.2) is 0 Å². The molecule has 0 aromatic carbocycles. The molecule has 7 nitrogen and oxygen atoms in total. The van der Waals surface area contributed by atoms with E-state index in [0.29, 0.717) is 6.42 Å². The predicted octanol–water partition coefficient (Wildman–Crippen LogP) is 2.70. The van der Waals surface area contributed by atoms with Crippen molar-refractivity contribution in [3.05, 3.63) is 0 Å². The van der Waals surface area contributed by atoms with Crippen LogP contribution in [0.3, 0.4) is 0 Å². The number of carbonyl (C=O) groups excluding carboxylic acids is 3. The number of nitrogens with zero attached hydrogens (tertiary/aromatic N) is 1. The lowest BCUT2D eigenvalue weighted by Gasteiger charge is -2.43. The largest absolute Gasteiger partial charge is 0.465 e. The minimum atomic E-state index is -1.73. The maximum atomic E-state index is 12.9. The molecule has 2 rings (SSSR count). The fraction of sp³-hybridized carbons (Fsp3) is 0.800. The molecule has 1 unspecified atom stereocenters. The van der Waals surface area contributed by atoms with Crippen molar-refractivity contribution in [2.24, 2.45) is 22.7 Å². The molecular weight excluding hydrogens is 350 g/mol. The summed E-state index contributed by atoms with van der Waals surface area (Å²) in [5.74, 6) is -2.90. The van der Waals surface area contributed by atoms with Crippen molar-refractivity contribution in [3.8, 4) is 0 Å². The van der Waals surface area contributed by atoms with Crippen LogP contribution >= 0.6 is 0 Å². The van der Waals surface area contributed by atoms with Gasteiger partial charge in [0, 0.05) is 12.1 Å². The van der Waals surface area contributed by atoms with Crippen LogP contribution in [-0.4, -0.2) is 49.5 Å². The molecule has 27 heavy (non-hydrogen) atoms. The number of carbonyl (C=O) groups is 3. The van der Waals surface area contributed by atoms with Gasteiger partial charge in [-0.2, -0.15) is 0 Å². The Morgan fingerprint density at radius 2 is 1.44 bits per heavy atom. The summed E-state index contributed by atoms with van der Waals surface area (Å²) in [4.78, 5) is 42.7. The Morgan fingerprint density at radius 1 is 0.889 bits per heavy atom. The standard InChI is InChI=1S/C20H31NO6/c1-4-25-17(22)15-13-21-20(18(23)26-5-2,19(24)27-6-3)16-12-10-8-7-9-11-14(15)16/h13-16H,4-12H2,1-3H3/t14-,15?,16+/m0/s1. The zero-order valence-corrected chi connectivity index (χ0v) is 16.6. The van der Waals surface area contributed by atoms with Gasteiger partial charge >= 0.3 is 17.9 Å². The third-order valence-corrected chi connectivity index (χ3v) is 5.49. The molecule has 0 spiro atoms. The Labute approximate surface area is 160 Å². The highest BCUT2D eigenvalue weighted by molar-refractivity contribution is 6.08. The number of rotatable bonds is 6. The van der Waals surface area contributed by atoms with Gasteiger partial charge in [-0.15, -0.1) is 0 Å². The lowest BCUT2D eigenvalue weighted by Crippen LogP contribution is -2.59. The highest BCUT2D eigenvalue weighted by Crippen LogP contribution is 2.45. The number of fused-ring (bicyclic) bond motifs is 1. The molecular formula is C20H31NO6. The van der Waals surface area contributed by atoms with Crippen LogP contribution in [0.1, 0.15) is 59.3 Å². The first-order valence-corrected chi connectivity index (χ1v) is 10.1. The van der Waals surface area contributed by atoms with Crippen LogP contribution in [0.4, 0.5) is 0 Å². The van der Waals surface area contributed by atoms with Crippen molar-refractivity contribution in [1.29, 1.82) is 0 Å². The number of esters is 3. The molecule has 0 saturated heterocycles. The van der Waals surface area contributed by atoms with Gasteiger partial charge in [0.05, 0.1) is 25.7 Å². The Balaban J connectivity index is 2.52. The summed E-state index contributed by atoms with van der Waals surface area (Å²) in [5.41, 5.74) is -1.73. The molecule has 0 aromatic heterocycles. The van der Waals surface area contributed by atoms with E-state index in [0.717, 1.165) is 32.1 Å². The van der Waals surface area contributed by atoms with Crippen LogP contribution in [-0.2, 0) is 28.6 Å². The molecule has 2 aliphatic rings. The number of aliphatic imine (C=N–C) groups is 1. The van der Waals surface area contributed by atoms with E-state index in [-0.39, 0.29) is 31.7 Å². The summed E-state index contributed by atoms with van der Waals surface area (Å²) >= 11 is 0. The van der Waals surface area contributed by atoms with E-state index in [1.54, 1.807) is 20.8 Å². The predicted molar refractivity (Wildman–Crippen MR) is 99.3 cm³/mol. The summed E-state index contributed by atoms with van der Waals surface area (Å²) in [6.45, 7) is 5.72. The zero-order valence-electron chi connectivity index (χ0n) is 16.6. The lowest BCUT2D eigenvalue weighted by molar-refractivity contribution is -0.171. The molecule has 1 aliphatic heterocycles. The first-order valence-electron chi connectivity index (χ1n) is 10.1. The average Bonchev–Trinajstić information content (AvgIpc) is 2.61. The van der Waals surface area contributed by atoms with Crippen molar-refractivity contribution in [1.82, 2.24) is 0 Å². The molecule has 0 amide bonds. The number of hydrogen-bond donors (Lipinski definition) is 0. The Hall–Kier alpha value is -1.92. The molecule has 1 fully saturated rings. The summed E-state index contributed by atoms with van der Waals surface area (Å²) in [6, 6.07) is 0. The average molecular weight is 381 g/mol. The maximum Gasteiger partial charge on any atom is 0.346 e. The summed E-state index contributed by atoms with van der Waals surface area (Å²) in [6.07, 6.45) is 6.69. The van der Waals surface area contributed by atoms with Crippen LogP contribution in [0.15, 0.2) is 4.99 Å². The first-order chi connectivity index (χ1) is 13.0. The van der Waals surface area contributed by atoms with E-state index in [1.807, 2.05) is 0 Å². The van der Waals surface area contributed by atoms with E-state index < -0.39 is 29.3 Å². The summed E-state index contributed by atoms with van der Waals surface area (Å²) in [5, 5.41) is 0. The Morgan fingerprint density at radius 3 is 2.00 bits per heavy atom. The highest BCUT2D eigenvalue weighted by atomic mass is 16.6. The van der Waals surface area contributed by atoms with Crippen molar-refractivity contribution in [3.63, 3.8) is 0 Å². The Kier molecular flexibility index (Phi) is 7.80. The van der Waals surface area contributed by atoms with Crippen LogP contribution in [0.25, 0.3) is 0 Å². The normalized spacial score (nSPS) is 26.9. The van der Waals surface area contributed by atoms with Gasteiger partial charge in [-0.25, -0.2) is 9.59 Å². The number of ether oxygens (including phenoxy) is 3. The van der Waals surface area contributed by atoms with Crippen molar-refractivity contribution < 1.29 is 28.6 Å². The van der Waals surface area contributed by atoms with Gasteiger partial charge in [0.25, 0.3) is 5.54 Å². The van der Waals surface area contributed by atoms with Gasteiger partial charge < -0.3 is 14.2 Å².